The number of aliphatic hydroxyl groups excluding tert-OH is 2. The molecule has 0 radical (unpaired) electrons. The molecule has 2 N–H and O–H groups in total. The number of rotatable bonds is 5. The molecule has 6 nitrogen and oxygen atoms in total. The van der Waals surface area contributed by atoms with Crippen molar-refractivity contribution in [2.24, 2.45) is 0 Å². The zero-order chi connectivity index (χ0) is 18.0. The Labute approximate surface area is 143 Å². The van der Waals surface area contributed by atoms with Gasteiger partial charge < -0.3 is 19.5 Å². The van der Waals surface area contributed by atoms with Gasteiger partial charge in [-0.2, -0.15) is 0 Å². The van der Waals surface area contributed by atoms with Gasteiger partial charge in [-0.3, -0.25) is 4.79 Å². The van der Waals surface area contributed by atoms with Crippen molar-refractivity contribution in [1.82, 2.24) is 14.3 Å². The Kier molecular flexibility index (Phi) is 4.78. The van der Waals surface area contributed by atoms with Gasteiger partial charge in [-0.15, -0.1) is 0 Å². The number of halogens is 1. The smallest absolute Gasteiger partial charge is 0.255 e. The summed E-state index contributed by atoms with van der Waals surface area (Å²) in [5.41, 5.74) is 2.55. The van der Waals surface area contributed by atoms with Crippen LogP contribution in [-0.4, -0.2) is 56.7 Å². The van der Waals surface area contributed by atoms with Crippen LogP contribution in [0.25, 0.3) is 16.9 Å². The fourth-order valence-corrected chi connectivity index (χ4v) is 2.56. The highest BCUT2D eigenvalue weighted by molar-refractivity contribution is 5.94. The average Bonchev–Trinajstić information content (AvgIpc) is 3.04. The second-order valence-electron chi connectivity index (χ2n) is 5.84. The van der Waals surface area contributed by atoms with E-state index in [1.54, 1.807) is 48.1 Å². The van der Waals surface area contributed by atoms with E-state index in [2.05, 4.69) is 4.98 Å². The number of carbonyl (C=O) groups is 1. The molecule has 0 fully saturated rings. The van der Waals surface area contributed by atoms with Gasteiger partial charge in [-0.05, 0) is 36.4 Å². The molecule has 0 aliphatic carbocycles. The quantitative estimate of drug-likeness (QED) is 0.737. The van der Waals surface area contributed by atoms with E-state index in [0.29, 0.717) is 16.9 Å². The van der Waals surface area contributed by atoms with Crippen LogP contribution >= 0.6 is 0 Å². The number of aliphatic hydroxyl groups is 2. The van der Waals surface area contributed by atoms with Crippen LogP contribution < -0.4 is 0 Å². The summed E-state index contributed by atoms with van der Waals surface area (Å²) in [5.74, 6) is -0.583. The number of nitrogens with zero attached hydrogens (tertiary/aromatic N) is 3. The first-order valence-corrected chi connectivity index (χ1v) is 7.77. The Morgan fingerprint density at radius 2 is 1.96 bits per heavy atom. The summed E-state index contributed by atoms with van der Waals surface area (Å²) in [7, 11) is 1.56. The van der Waals surface area contributed by atoms with Crippen molar-refractivity contribution >= 4 is 11.6 Å². The van der Waals surface area contributed by atoms with Crippen molar-refractivity contribution in [1.29, 1.82) is 0 Å². The Hall–Kier alpha value is -2.77. The third-order valence-corrected chi connectivity index (χ3v) is 3.88. The van der Waals surface area contributed by atoms with Crippen LogP contribution in [0.1, 0.15) is 10.4 Å². The van der Waals surface area contributed by atoms with E-state index >= 15 is 0 Å². The minimum absolute atomic E-state index is 0.0398. The molecule has 0 unspecified atom stereocenters. The van der Waals surface area contributed by atoms with Crippen LogP contribution in [0, 0.1) is 5.82 Å². The third-order valence-electron chi connectivity index (χ3n) is 3.88. The SMILES string of the molecule is CN(C[C@@H](O)CO)C(=O)c1ccc2nc(-c3ccc(F)cc3)cn2c1. The summed E-state index contributed by atoms with van der Waals surface area (Å²) in [5, 5.41) is 18.3. The maximum Gasteiger partial charge on any atom is 0.255 e. The first-order valence-electron chi connectivity index (χ1n) is 7.77. The van der Waals surface area contributed by atoms with Crippen LogP contribution in [0.2, 0.25) is 0 Å². The summed E-state index contributed by atoms with van der Waals surface area (Å²) in [6, 6.07) is 9.41. The molecule has 1 amide bonds. The molecule has 7 heteroatoms. The number of amides is 1. The van der Waals surface area contributed by atoms with E-state index in [1.807, 2.05) is 0 Å². The van der Waals surface area contributed by atoms with E-state index < -0.39 is 12.7 Å². The molecule has 130 valence electrons. The first kappa shape index (κ1) is 17.1. The van der Waals surface area contributed by atoms with Gasteiger partial charge >= 0.3 is 0 Å². The van der Waals surface area contributed by atoms with Gasteiger partial charge in [0, 0.05) is 31.5 Å². The van der Waals surface area contributed by atoms with Crippen LogP contribution in [-0.2, 0) is 0 Å². The van der Waals surface area contributed by atoms with Crippen molar-refractivity contribution in [2.45, 2.75) is 6.10 Å². The molecule has 0 aliphatic heterocycles. The first-order chi connectivity index (χ1) is 12.0. The van der Waals surface area contributed by atoms with Crippen LogP contribution in [0.3, 0.4) is 0 Å². The Morgan fingerprint density at radius 1 is 1.24 bits per heavy atom. The van der Waals surface area contributed by atoms with E-state index in [0.717, 1.165) is 5.56 Å². The Balaban J connectivity index is 1.87. The molecule has 3 aromatic rings. The molecule has 2 heterocycles. The summed E-state index contributed by atoms with van der Waals surface area (Å²) < 4.78 is 14.8. The van der Waals surface area contributed by atoms with E-state index in [4.69, 9.17) is 5.11 Å². The molecule has 2 aromatic heterocycles. The molecule has 0 bridgehead atoms. The predicted octanol–water partition coefficient (Wildman–Crippen LogP) is 1.57. The fourth-order valence-electron chi connectivity index (χ4n) is 2.56. The van der Waals surface area contributed by atoms with Gasteiger partial charge in [0.1, 0.15) is 11.5 Å². The van der Waals surface area contributed by atoms with Crippen LogP contribution in [0.4, 0.5) is 4.39 Å². The molecule has 1 aromatic carbocycles. The van der Waals surface area contributed by atoms with E-state index in [1.165, 1.54) is 17.0 Å². The van der Waals surface area contributed by atoms with Gasteiger partial charge in [0.2, 0.25) is 0 Å². The molecule has 0 saturated carbocycles. The van der Waals surface area contributed by atoms with Crippen molar-refractivity contribution in [3.05, 3.63) is 60.2 Å². The summed E-state index contributed by atoms with van der Waals surface area (Å²) in [4.78, 5) is 18.2. The van der Waals surface area contributed by atoms with Gasteiger partial charge in [0.25, 0.3) is 5.91 Å². The highest BCUT2D eigenvalue weighted by atomic mass is 19.1. The van der Waals surface area contributed by atoms with E-state index in [9.17, 15) is 14.3 Å². The van der Waals surface area contributed by atoms with Crippen LogP contribution in [0.5, 0.6) is 0 Å². The minimum atomic E-state index is -0.976. The minimum Gasteiger partial charge on any atom is -0.394 e. The lowest BCUT2D eigenvalue weighted by atomic mass is 10.2. The summed E-state index contributed by atoms with van der Waals surface area (Å²) >= 11 is 0. The average molecular weight is 343 g/mol. The lowest BCUT2D eigenvalue weighted by molar-refractivity contribution is 0.0520. The number of likely N-dealkylation sites (N-methyl/N-ethyl adjacent to an activating group) is 1. The normalized spacial score (nSPS) is 12.3. The maximum atomic E-state index is 13.0. The monoisotopic (exact) mass is 343 g/mol. The fraction of sp³-hybridized carbons (Fsp3) is 0.222. The molecule has 1 atom stereocenters. The Bertz CT molecular complexity index is 892. The van der Waals surface area contributed by atoms with Crippen molar-refractivity contribution < 1.29 is 19.4 Å². The Morgan fingerprint density at radius 3 is 2.64 bits per heavy atom. The molecule has 3 rings (SSSR count). The highest BCUT2D eigenvalue weighted by Gasteiger charge is 2.16. The van der Waals surface area contributed by atoms with Gasteiger partial charge in [-0.1, -0.05) is 0 Å². The number of benzene rings is 1. The number of carbonyl (C=O) groups excluding carboxylic acids is 1. The lowest BCUT2D eigenvalue weighted by Crippen LogP contribution is -2.35. The maximum absolute atomic E-state index is 13.0. The molecule has 0 saturated heterocycles. The topological polar surface area (TPSA) is 78.1 Å². The highest BCUT2D eigenvalue weighted by Crippen LogP contribution is 2.20. The second-order valence-corrected chi connectivity index (χ2v) is 5.84. The van der Waals surface area contributed by atoms with Gasteiger partial charge in [0.05, 0.1) is 24.0 Å². The van der Waals surface area contributed by atoms with Crippen molar-refractivity contribution in [2.75, 3.05) is 20.2 Å². The number of aromatic nitrogens is 2. The molecule has 0 aliphatic rings. The largest absolute Gasteiger partial charge is 0.394 e. The van der Waals surface area contributed by atoms with E-state index in [-0.39, 0.29) is 18.3 Å². The zero-order valence-electron chi connectivity index (χ0n) is 13.6. The predicted molar refractivity (Wildman–Crippen MR) is 90.6 cm³/mol. The van der Waals surface area contributed by atoms with Gasteiger partial charge in [0.15, 0.2) is 0 Å². The lowest BCUT2D eigenvalue weighted by Gasteiger charge is -2.19. The zero-order valence-corrected chi connectivity index (χ0v) is 13.6. The summed E-state index contributed by atoms with van der Waals surface area (Å²) in [6.07, 6.45) is 2.44. The van der Waals surface area contributed by atoms with Crippen molar-refractivity contribution in [3.63, 3.8) is 0 Å². The third kappa shape index (κ3) is 3.67. The molecule has 25 heavy (non-hydrogen) atoms. The number of hydrogen-bond donors (Lipinski definition) is 2. The number of hydrogen-bond acceptors (Lipinski definition) is 4. The molecular weight excluding hydrogens is 325 g/mol. The van der Waals surface area contributed by atoms with Crippen molar-refractivity contribution in [3.8, 4) is 11.3 Å². The second kappa shape index (κ2) is 7.00. The number of fused-ring (bicyclic) bond motifs is 1. The van der Waals surface area contributed by atoms with Gasteiger partial charge in [-0.25, -0.2) is 9.37 Å². The number of pyridine rings is 1. The molecule has 0 spiro atoms. The molecular formula is C18H18FN3O3. The summed E-state index contributed by atoms with van der Waals surface area (Å²) in [6.45, 7) is -0.364. The standard InChI is InChI=1S/C18H18FN3O3/c1-21(9-15(24)11-23)18(25)13-4-7-17-20-16(10-22(17)8-13)12-2-5-14(19)6-3-12/h2-8,10,15,23-24H,9,11H2,1H3/t15-/m1/s1. The number of imidazole rings is 1. The van der Waals surface area contributed by atoms with Crippen LogP contribution in [0.15, 0.2) is 48.8 Å².